The second kappa shape index (κ2) is 9.16. The summed E-state index contributed by atoms with van der Waals surface area (Å²) in [5, 5.41) is 6.03. The monoisotopic (exact) mass is 386 g/mol. The van der Waals surface area contributed by atoms with E-state index < -0.39 is 0 Å². The van der Waals surface area contributed by atoms with Gasteiger partial charge in [-0.15, -0.1) is 0 Å². The van der Waals surface area contributed by atoms with Gasteiger partial charge in [-0.25, -0.2) is 14.2 Å². The smallest absolute Gasteiger partial charge is 0.409 e. The Hall–Kier alpha value is -3.16. The zero-order valence-corrected chi connectivity index (χ0v) is 15.7. The van der Waals surface area contributed by atoms with Crippen molar-refractivity contribution >= 4 is 23.5 Å². The molecule has 7 nitrogen and oxygen atoms in total. The molecule has 2 N–H and O–H groups in total. The van der Waals surface area contributed by atoms with Crippen molar-refractivity contribution in [1.29, 1.82) is 0 Å². The first kappa shape index (κ1) is 19.6. The van der Waals surface area contributed by atoms with Crippen molar-refractivity contribution in [3.05, 3.63) is 54.0 Å². The van der Waals surface area contributed by atoms with Crippen LogP contribution in [-0.2, 0) is 4.74 Å². The molecule has 0 unspecified atom stereocenters. The summed E-state index contributed by atoms with van der Waals surface area (Å²) >= 11 is 0. The first-order valence-electron chi connectivity index (χ1n) is 9.26. The molecule has 2 aromatic rings. The van der Waals surface area contributed by atoms with Gasteiger partial charge in [-0.2, -0.15) is 0 Å². The molecule has 0 atom stereocenters. The Labute approximate surface area is 162 Å². The van der Waals surface area contributed by atoms with Gasteiger partial charge in [-0.1, -0.05) is 0 Å². The third kappa shape index (κ3) is 5.18. The van der Waals surface area contributed by atoms with Crippen LogP contribution in [0.4, 0.5) is 20.7 Å². The molecule has 1 aliphatic rings. The van der Waals surface area contributed by atoms with E-state index in [-0.39, 0.29) is 23.9 Å². The van der Waals surface area contributed by atoms with Crippen molar-refractivity contribution in [3.8, 4) is 0 Å². The Morgan fingerprint density at radius 2 is 1.89 bits per heavy atom. The standard InChI is InChI=1S/C20H23FN4O3/c1-2-28-20(27)25-11-9-17(10-12-25)24-19(26)14-3-8-18(22-13-14)23-16-6-4-15(21)5-7-16/h3-8,13,17H,2,9-12H2,1H3,(H,22,23)(H,24,26). The summed E-state index contributed by atoms with van der Waals surface area (Å²) in [4.78, 5) is 30.0. The van der Waals surface area contributed by atoms with Crippen LogP contribution >= 0.6 is 0 Å². The summed E-state index contributed by atoms with van der Waals surface area (Å²) in [5.41, 5.74) is 1.16. The molecular weight excluding hydrogens is 363 g/mol. The summed E-state index contributed by atoms with van der Waals surface area (Å²) in [6.07, 6.45) is 2.56. The molecule has 0 bridgehead atoms. The van der Waals surface area contributed by atoms with Crippen LogP contribution in [0.1, 0.15) is 30.1 Å². The van der Waals surface area contributed by atoms with Crippen LogP contribution in [0.25, 0.3) is 0 Å². The Balaban J connectivity index is 1.50. The summed E-state index contributed by atoms with van der Waals surface area (Å²) in [7, 11) is 0. The van der Waals surface area contributed by atoms with Gasteiger partial charge in [-0.05, 0) is 56.2 Å². The van der Waals surface area contributed by atoms with E-state index in [0.29, 0.717) is 49.6 Å². The van der Waals surface area contributed by atoms with Gasteiger partial charge >= 0.3 is 6.09 Å². The fourth-order valence-electron chi connectivity index (χ4n) is 2.97. The number of piperidine rings is 1. The Kier molecular flexibility index (Phi) is 6.41. The number of nitrogens with one attached hydrogen (secondary N) is 2. The van der Waals surface area contributed by atoms with E-state index in [1.54, 1.807) is 36.1 Å². The molecule has 0 saturated carbocycles. The lowest BCUT2D eigenvalue weighted by molar-refractivity contribution is 0.0860. The van der Waals surface area contributed by atoms with Crippen LogP contribution in [0.5, 0.6) is 0 Å². The molecule has 8 heteroatoms. The van der Waals surface area contributed by atoms with Crippen LogP contribution in [0.3, 0.4) is 0 Å². The lowest BCUT2D eigenvalue weighted by atomic mass is 10.0. The average Bonchev–Trinajstić information content (AvgIpc) is 2.71. The van der Waals surface area contributed by atoms with E-state index in [2.05, 4.69) is 15.6 Å². The van der Waals surface area contributed by atoms with E-state index in [0.717, 1.165) is 0 Å². The summed E-state index contributed by atoms with van der Waals surface area (Å²) in [6.45, 7) is 3.25. The maximum atomic E-state index is 12.9. The lowest BCUT2D eigenvalue weighted by Crippen LogP contribution is -2.46. The first-order chi connectivity index (χ1) is 13.5. The number of hydrogen-bond acceptors (Lipinski definition) is 5. The highest BCUT2D eigenvalue weighted by Gasteiger charge is 2.24. The second-order valence-electron chi connectivity index (χ2n) is 6.50. The normalized spacial score (nSPS) is 14.4. The maximum absolute atomic E-state index is 12.9. The van der Waals surface area contributed by atoms with Gasteiger partial charge in [0.25, 0.3) is 5.91 Å². The molecule has 0 spiro atoms. The van der Waals surface area contributed by atoms with Gasteiger partial charge in [-0.3, -0.25) is 4.79 Å². The minimum absolute atomic E-state index is 0.00944. The van der Waals surface area contributed by atoms with Gasteiger partial charge < -0.3 is 20.3 Å². The van der Waals surface area contributed by atoms with Crippen molar-refractivity contribution < 1.29 is 18.7 Å². The van der Waals surface area contributed by atoms with E-state index in [1.165, 1.54) is 18.3 Å². The number of amides is 2. The SMILES string of the molecule is CCOC(=O)N1CCC(NC(=O)c2ccc(Nc3ccc(F)cc3)nc2)CC1. The molecular formula is C20H23FN4O3. The van der Waals surface area contributed by atoms with Crippen molar-refractivity contribution in [2.75, 3.05) is 25.0 Å². The van der Waals surface area contributed by atoms with Crippen LogP contribution in [0.2, 0.25) is 0 Å². The van der Waals surface area contributed by atoms with E-state index in [4.69, 9.17) is 4.74 Å². The van der Waals surface area contributed by atoms with E-state index >= 15 is 0 Å². The number of rotatable bonds is 5. The molecule has 148 valence electrons. The summed E-state index contributed by atoms with van der Waals surface area (Å²) in [5.74, 6) is 0.0555. The predicted octanol–water partition coefficient (Wildman–Crippen LogP) is 3.32. The largest absolute Gasteiger partial charge is 0.450 e. The van der Waals surface area contributed by atoms with Crippen molar-refractivity contribution in [1.82, 2.24) is 15.2 Å². The van der Waals surface area contributed by atoms with Crippen LogP contribution in [-0.4, -0.2) is 47.6 Å². The van der Waals surface area contributed by atoms with Crippen molar-refractivity contribution in [2.24, 2.45) is 0 Å². The number of aromatic nitrogens is 1. The summed E-state index contributed by atoms with van der Waals surface area (Å²) < 4.78 is 17.9. The van der Waals surface area contributed by atoms with Crippen molar-refractivity contribution in [2.45, 2.75) is 25.8 Å². The third-order valence-corrected chi connectivity index (χ3v) is 4.50. The van der Waals surface area contributed by atoms with Gasteiger partial charge in [0.05, 0.1) is 12.2 Å². The molecule has 1 fully saturated rings. The number of halogens is 1. The zero-order valence-electron chi connectivity index (χ0n) is 15.7. The van der Waals surface area contributed by atoms with Gasteiger partial charge in [0, 0.05) is 31.0 Å². The van der Waals surface area contributed by atoms with Gasteiger partial charge in [0.1, 0.15) is 11.6 Å². The third-order valence-electron chi connectivity index (χ3n) is 4.50. The number of benzene rings is 1. The molecule has 2 heterocycles. The molecule has 1 aromatic heterocycles. The predicted molar refractivity (Wildman–Crippen MR) is 103 cm³/mol. The number of anilines is 2. The van der Waals surface area contributed by atoms with Crippen LogP contribution in [0.15, 0.2) is 42.6 Å². The highest BCUT2D eigenvalue weighted by Crippen LogP contribution is 2.16. The fraction of sp³-hybridized carbons (Fsp3) is 0.350. The zero-order chi connectivity index (χ0) is 19.9. The number of carbonyl (C=O) groups excluding carboxylic acids is 2. The van der Waals surface area contributed by atoms with Crippen molar-refractivity contribution in [3.63, 3.8) is 0 Å². The Bertz CT molecular complexity index is 803. The molecule has 0 aliphatic carbocycles. The van der Waals surface area contributed by atoms with E-state index in [9.17, 15) is 14.0 Å². The minimum Gasteiger partial charge on any atom is -0.450 e. The molecule has 1 aliphatic heterocycles. The van der Waals surface area contributed by atoms with Gasteiger partial charge in [0.15, 0.2) is 0 Å². The molecule has 28 heavy (non-hydrogen) atoms. The van der Waals surface area contributed by atoms with Gasteiger partial charge in [0.2, 0.25) is 0 Å². The van der Waals surface area contributed by atoms with Crippen LogP contribution in [0, 0.1) is 5.82 Å². The molecule has 2 amide bonds. The number of nitrogens with zero attached hydrogens (tertiary/aromatic N) is 2. The number of pyridine rings is 1. The van der Waals surface area contributed by atoms with Crippen LogP contribution < -0.4 is 10.6 Å². The average molecular weight is 386 g/mol. The first-order valence-corrected chi connectivity index (χ1v) is 9.26. The lowest BCUT2D eigenvalue weighted by Gasteiger charge is -2.31. The number of likely N-dealkylation sites (tertiary alicyclic amines) is 1. The molecule has 0 radical (unpaired) electrons. The number of carbonyl (C=O) groups is 2. The summed E-state index contributed by atoms with van der Waals surface area (Å²) in [6, 6.07) is 9.33. The molecule has 1 saturated heterocycles. The second-order valence-corrected chi connectivity index (χ2v) is 6.50. The highest BCUT2D eigenvalue weighted by atomic mass is 19.1. The molecule has 1 aromatic carbocycles. The highest BCUT2D eigenvalue weighted by molar-refractivity contribution is 5.94. The number of ether oxygens (including phenoxy) is 1. The number of hydrogen-bond donors (Lipinski definition) is 2. The quantitative estimate of drug-likeness (QED) is 0.824. The Morgan fingerprint density at radius 1 is 1.18 bits per heavy atom. The topological polar surface area (TPSA) is 83.6 Å². The van der Waals surface area contributed by atoms with E-state index in [1.807, 2.05) is 0 Å². The minimum atomic E-state index is -0.307. The maximum Gasteiger partial charge on any atom is 0.409 e. The molecule has 3 rings (SSSR count). The Morgan fingerprint density at radius 3 is 2.50 bits per heavy atom. The fourth-order valence-corrected chi connectivity index (χ4v) is 2.97.